The second-order valence-electron chi connectivity index (χ2n) is 6.67. The lowest BCUT2D eigenvalue weighted by Crippen LogP contribution is -2.48. The van der Waals surface area contributed by atoms with Crippen LogP contribution in [0.25, 0.3) is 0 Å². The summed E-state index contributed by atoms with van der Waals surface area (Å²) >= 11 is 0. The van der Waals surface area contributed by atoms with E-state index in [0.29, 0.717) is 0 Å². The van der Waals surface area contributed by atoms with Crippen molar-refractivity contribution in [2.24, 2.45) is 0 Å². The fraction of sp³-hybridized carbons (Fsp3) is 0.429. The summed E-state index contributed by atoms with van der Waals surface area (Å²) in [6.45, 7) is 6.32. The molecule has 0 aromatic heterocycles. The zero-order valence-electron chi connectivity index (χ0n) is 14.8. The number of aliphatic hydroxyl groups excluding tert-OH is 1. The minimum atomic E-state index is -0.546. The SMILES string of the molecule is CC(N[C@H](CN1CCOCC1)[C@H](O)c1ccccc1)c1ccccc1. The first kappa shape index (κ1) is 18.1. The predicted molar refractivity (Wildman–Crippen MR) is 100 cm³/mol. The van der Waals surface area contributed by atoms with Crippen molar-refractivity contribution in [3.8, 4) is 0 Å². The van der Waals surface area contributed by atoms with E-state index in [4.69, 9.17) is 4.74 Å². The van der Waals surface area contributed by atoms with Crippen LogP contribution in [0.3, 0.4) is 0 Å². The van der Waals surface area contributed by atoms with Crippen LogP contribution in [0.15, 0.2) is 60.7 Å². The average molecular weight is 340 g/mol. The summed E-state index contributed by atoms with van der Waals surface area (Å²) in [5.74, 6) is 0. The summed E-state index contributed by atoms with van der Waals surface area (Å²) in [6, 6.07) is 20.4. The number of hydrogen-bond acceptors (Lipinski definition) is 4. The summed E-state index contributed by atoms with van der Waals surface area (Å²) in [6.07, 6.45) is -0.546. The second kappa shape index (κ2) is 9.11. The maximum absolute atomic E-state index is 11.0. The summed E-state index contributed by atoms with van der Waals surface area (Å²) in [5.41, 5.74) is 2.18. The van der Waals surface area contributed by atoms with Crippen LogP contribution in [0.5, 0.6) is 0 Å². The Kier molecular flexibility index (Phi) is 6.59. The maximum atomic E-state index is 11.0. The topological polar surface area (TPSA) is 44.7 Å². The highest BCUT2D eigenvalue weighted by atomic mass is 16.5. The van der Waals surface area contributed by atoms with E-state index in [1.165, 1.54) is 5.56 Å². The lowest BCUT2D eigenvalue weighted by Gasteiger charge is -2.34. The molecule has 2 N–H and O–H groups in total. The van der Waals surface area contributed by atoms with Crippen molar-refractivity contribution in [1.29, 1.82) is 0 Å². The van der Waals surface area contributed by atoms with Crippen LogP contribution in [0.1, 0.15) is 30.2 Å². The Morgan fingerprint density at radius 1 is 0.960 bits per heavy atom. The summed E-state index contributed by atoms with van der Waals surface area (Å²) in [5, 5.41) is 14.6. The van der Waals surface area contributed by atoms with E-state index in [0.717, 1.165) is 38.4 Å². The first-order chi connectivity index (χ1) is 12.2. The van der Waals surface area contributed by atoms with E-state index < -0.39 is 6.10 Å². The van der Waals surface area contributed by atoms with E-state index in [-0.39, 0.29) is 12.1 Å². The van der Waals surface area contributed by atoms with Gasteiger partial charge in [-0.3, -0.25) is 4.90 Å². The molecule has 1 heterocycles. The molecule has 0 saturated carbocycles. The van der Waals surface area contributed by atoms with E-state index in [1.54, 1.807) is 0 Å². The molecule has 0 bridgehead atoms. The summed E-state index contributed by atoms with van der Waals surface area (Å²) in [7, 11) is 0. The lowest BCUT2D eigenvalue weighted by molar-refractivity contribution is 0.0188. The van der Waals surface area contributed by atoms with Gasteiger partial charge in [0.25, 0.3) is 0 Å². The molecule has 1 fully saturated rings. The Bertz CT molecular complexity index is 614. The number of morpholine rings is 1. The van der Waals surface area contributed by atoms with E-state index in [9.17, 15) is 5.11 Å². The molecule has 1 unspecified atom stereocenters. The van der Waals surface area contributed by atoms with Crippen LogP contribution in [-0.2, 0) is 4.74 Å². The number of benzene rings is 2. The Labute approximate surface area is 150 Å². The van der Waals surface area contributed by atoms with E-state index in [1.807, 2.05) is 36.4 Å². The van der Waals surface area contributed by atoms with Gasteiger partial charge < -0.3 is 15.2 Å². The van der Waals surface area contributed by atoms with Gasteiger partial charge in [0, 0.05) is 25.7 Å². The molecule has 25 heavy (non-hydrogen) atoms. The Morgan fingerprint density at radius 2 is 1.52 bits per heavy atom. The van der Waals surface area contributed by atoms with Gasteiger partial charge in [0.1, 0.15) is 0 Å². The van der Waals surface area contributed by atoms with Gasteiger partial charge in [-0.25, -0.2) is 0 Å². The fourth-order valence-electron chi connectivity index (χ4n) is 3.35. The molecule has 0 amide bonds. The predicted octanol–water partition coefficient (Wildman–Crippen LogP) is 2.77. The van der Waals surface area contributed by atoms with Gasteiger partial charge in [-0.05, 0) is 18.1 Å². The van der Waals surface area contributed by atoms with Gasteiger partial charge in [0.05, 0.1) is 25.4 Å². The molecule has 3 rings (SSSR count). The normalized spacial score (nSPS) is 19.3. The number of aliphatic hydroxyl groups is 1. The van der Waals surface area contributed by atoms with E-state index in [2.05, 4.69) is 41.4 Å². The van der Waals surface area contributed by atoms with Crippen LogP contribution in [-0.4, -0.2) is 48.9 Å². The second-order valence-corrected chi connectivity index (χ2v) is 6.67. The van der Waals surface area contributed by atoms with Gasteiger partial charge in [-0.1, -0.05) is 60.7 Å². The number of nitrogens with zero attached hydrogens (tertiary/aromatic N) is 1. The number of nitrogens with one attached hydrogen (secondary N) is 1. The van der Waals surface area contributed by atoms with Crippen molar-refractivity contribution >= 4 is 0 Å². The van der Waals surface area contributed by atoms with Crippen molar-refractivity contribution in [2.45, 2.75) is 25.1 Å². The van der Waals surface area contributed by atoms with Gasteiger partial charge in [-0.2, -0.15) is 0 Å². The molecule has 1 aliphatic heterocycles. The zero-order chi connectivity index (χ0) is 17.5. The Balaban J connectivity index is 1.73. The number of ether oxygens (including phenoxy) is 1. The van der Waals surface area contributed by atoms with Crippen LogP contribution in [0.4, 0.5) is 0 Å². The molecule has 1 aliphatic rings. The molecule has 1 saturated heterocycles. The van der Waals surface area contributed by atoms with Gasteiger partial charge in [0.2, 0.25) is 0 Å². The fourth-order valence-corrected chi connectivity index (χ4v) is 3.35. The van der Waals surface area contributed by atoms with Gasteiger partial charge in [-0.15, -0.1) is 0 Å². The van der Waals surface area contributed by atoms with Gasteiger partial charge >= 0.3 is 0 Å². The minimum Gasteiger partial charge on any atom is -0.387 e. The van der Waals surface area contributed by atoms with Crippen molar-refractivity contribution < 1.29 is 9.84 Å². The largest absolute Gasteiger partial charge is 0.387 e. The molecule has 2 aromatic rings. The highest BCUT2D eigenvalue weighted by molar-refractivity contribution is 5.21. The van der Waals surface area contributed by atoms with Crippen LogP contribution < -0.4 is 5.32 Å². The third-order valence-corrected chi connectivity index (χ3v) is 4.84. The molecule has 0 aliphatic carbocycles. The van der Waals surface area contributed by atoms with Crippen LogP contribution >= 0.6 is 0 Å². The van der Waals surface area contributed by atoms with Crippen molar-refractivity contribution in [3.05, 3.63) is 71.8 Å². The Morgan fingerprint density at radius 3 is 2.12 bits per heavy atom. The number of hydrogen-bond donors (Lipinski definition) is 2. The Hall–Kier alpha value is -1.72. The molecular weight excluding hydrogens is 312 g/mol. The monoisotopic (exact) mass is 340 g/mol. The lowest BCUT2D eigenvalue weighted by atomic mass is 9.99. The van der Waals surface area contributed by atoms with Crippen LogP contribution in [0.2, 0.25) is 0 Å². The molecule has 2 aromatic carbocycles. The van der Waals surface area contributed by atoms with Crippen molar-refractivity contribution in [3.63, 3.8) is 0 Å². The highest BCUT2D eigenvalue weighted by Crippen LogP contribution is 2.21. The molecule has 134 valence electrons. The third-order valence-electron chi connectivity index (χ3n) is 4.84. The first-order valence-corrected chi connectivity index (χ1v) is 9.08. The molecule has 4 heteroatoms. The molecule has 3 atom stereocenters. The van der Waals surface area contributed by atoms with E-state index >= 15 is 0 Å². The standard InChI is InChI=1S/C21H28N2O2/c1-17(18-8-4-2-5-9-18)22-20(16-23-12-14-25-15-13-23)21(24)19-10-6-3-7-11-19/h2-11,17,20-22,24H,12-16H2,1H3/t17?,20-,21-/m1/s1. The molecular formula is C21H28N2O2. The van der Waals surface area contributed by atoms with Crippen molar-refractivity contribution in [1.82, 2.24) is 10.2 Å². The smallest absolute Gasteiger partial charge is 0.0955 e. The minimum absolute atomic E-state index is 0.0456. The van der Waals surface area contributed by atoms with Crippen LogP contribution in [0, 0.1) is 0 Å². The summed E-state index contributed by atoms with van der Waals surface area (Å²) < 4.78 is 5.45. The third kappa shape index (κ3) is 5.13. The molecule has 4 nitrogen and oxygen atoms in total. The molecule has 0 radical (unpaired) electrons. The van der Waals surface area contributed by atoms with Crippen molar-refractivity contribution in [2.75, 3.05) is 32.8 Å². The summed E-state index contributed by atoms with van der Waals surface area (Å²) in [4.78, 5) is 2.37. The zero-order valence-corrected chi connectivity index (χ0v) is 14.8. The van der Waals surface area contributed by atoms with Gasteiger partial charge in [0.15, 0.2) is 0 Å². The maximum Gasteiger partial charge on any atom is 0.0955 e. The first-order valence-electron chi connectivity index (χ1n) is 9.08. The average Bonchev–Trinajstić information content (AvgIpc) is 2.69. The number of rotatable bonds is 7. The highest BCUT2D eigenvalue weighted by Gasteiger charge is 2.26. The molecule has 0 spiro atoms. The quantitative estimate of drug-likeness (QED) is 0.813.